The van der Waals surface area contributed by atoms with Gasteiger partial charge in [0.25, 0.3) is 0 Å². The molecule has 21 heavy (non-hydrogen) atoms. The molecule has 104 valence electrons. The minimum absolute atomic E-state index is 0.0428. The molecule has 0 bridgehead atoms. The van der Waals surface area contributed by atoms with Crippen LogP contribution >= 0.6 is 0 Å². The molecule has 3 aromatic rings. The van der Waals surface area contributed by atoms with Crippen LogP contribution in [0.3, 0.4) is 0 Å². The molecule has 2 aromatic carbocycles. The molecule has 2 heterocycles. The summed E-state index contributed by atoms with van der Waals surface area (Å²) >= 11 is 0. The number of aromatic nitrogens is 1. The maximum absolute atomic E-state index is 12.2. The summed E-state index contributed by atoms with van der Waals surface area (Å²) in [6.07, 6.45) is 0.409. The van der Waals surface area contributed by atoms with Gasteiger partial charge in [-0.2, -0.15) is 0 Å². The number of H-pyrrole nitrogens is 1. The number of nitrogens with one attached hydrogen (secondary N) is 2. The van der Waals surface area contributed by atoms with Gasteiger partial charge in [0, 0.05) is 16.5 Å². The molecule has 0 atom stereocenters. The van der Waals surface area contributed by atoms with Crippen molar-refractivity contribution < 1.29 is 4.79 Å². The Hall–Kier alpha value is -2.55. The van der Waals surface area contributed by atoms with Crippen LogP contribution in [0, 0.1) is 13.8 Å². The van der Waals surface area contributed by atoms with E-state index in [9.17, 15) is 4.79 Å². The highest BCUT2D eigenvalue weighted by atomic mass is 16.1. The Morgan fingerprint density at radius 2 is 1.76 bits per heavy atom. The van der Waals surface area contributed by atoms with Crippen LogP contribution in [0.25, 0.3) is 22.2 Å². The van der Waals surface area contributed by atoms with E-state index in [1.807, 2.05) is 12.1 Å². The molecule has 0 radical (unpaired) electrons. The molecule has 1 aromatic heterocycles. The summed E-state index contributed by atoms with van der Waals surface area (Å²) < 4.78 is 0. The number of hydrogen-bond donors (Lipinski definition) is 2. The zero-order valence-corrected chi connectivity index (χ0v) is 12.1. The molecule has 1 aliphatic heterocycles. The number of carbonyl (C=O) groups is 1. The third-order valence-corrected chi connectivity index (χ3v) is 4.12. The van der Waals surface area contributed by atoms with Crippen molar-refractivity contribution in [3.05, 3.63) is 53.1 Å². The van der Waals surface area contributed by atoms with Gasteiger partial charge in [-0.25, -0.2) is 0 Å². The number of aryl methyl sites for hydroxylation is 2. The summed E-state index contributed by atoms with van der Waals surface area (Å²) in [6, 6.07) is 12.5. The number of anilines is 1. The largest absolute Gasteiger partial charge is 0.354 e. The number of aromatic amines is 1. The van der Waals surface area contributed by atoms with E-state index in [0.717, 1.165) is 33.4 Å². The predicted molar refractivity (Wildman–Crippen MR) is 85.5 cm³/mol. The molecule has 0 spiro atoms. The van der Waals surface area contributed by atoms with E-state index in [2.05, 4.69) is 48.4 Å². The van der Waals surface area contributed by atoms with E-state index in [-0.39, 0.29) is 5.91 Å². The second-order valence-electron chi connectivity index (χ2n) is 5.80. The second kappa shape index (κ2) is 4.22. The maximum atomic E-state index is 12.2. The number of rotatable bonds is 0. The van der Waals surface area contributed by atoms with Crippen LogP contribution in [0.15, 0.2) is 36.4 Å². The second-order valence-corrected chi connectivity index (χ2v) is 5.80. The lowest BCUT2D eigenvalue weighted by molar-refractivity contribution is -0.115. The molecule has 0 saturated carbocycles. The number of carbonyl (C=O) groups excluding carboxylic acids is 1. The van der Waals surface area contributed by atoms with E-state index in [0.29, 0.717) is 6.42 Å². The Bertz CT molecular complexity index is 890. The lowest BCUT2D eigenvalue weighted by atomic mass is 10.0. The molecule has 3 nitrogen and oxygen atoms in total. The van der Waals surface area contributed by atoms with Crippen molar-refractivity contribution in [1.82, 2.24) is 4.98 Å². The highest BCUT2D eigenvalue weighted by Gasteiger charge is 2.22. The fourth-order valence-corrected chi connectivity index (χ4v) is 3.10. The van der Waals surface area contributed by atoms with Gasteiger partial charge >= 0.3 is 0 Å². The van der Waals surface area contributed by atoms with E-state index >= 15 is 0 Å². The first-order valence-electron chi connectivity index (χ1n) is 7.14. The third-order valence-electron chi connectivity index (χ3n) is 4.12. The first-order valence-corrected chi connectivity index (χ1v) is 7.14. The smallest absolute Gasteiger partial charge is 0.228 e. The first-order chi connectivity index (χ1) is 10.1. The first kappa shape index (κ1) is 12.2. The molecule has 0 saturated heterocycles. The van der Waals surface area contributed by atoms with Gasteiger partial charge in [-0.15, -0.1) is 0 Å². The summed E-state index contributed by atoms with van der Waals surface area (Å²) in [5.41, 5.74) is 7.59. The predicted octanol–water partition coefficient (Wildman–Crippen LogP) is 3.95. The summed E-state index contributed by atoms with van der Waals surface area (Å²) in [5, 5.41) is 4.15. The van der Waals surface area contributed by atoms with Gasteiger partial charge in [0.05, 0.1) is 17.8 Å². The van der Waals surface area contributed by atoms with Gasteiger partial charge in [-0.1, -0.05) is 23.3 Å². The lowest BCUT2D eigenvalue weighted by Crippen LogP contribution is -2.12. The SMILES string of the molecule is Cc1ccc2c(c1)-c1[nH]c3ccc(C)cc3c1CC(=O)N2. The van der Waals surface area contributed by atoms with Crippen molar-refractivity contribution in [2.45, 2.75) is 20.3 Å². The highest BCUT2D eigenvalue weighted by molar-refractivity contribution is 6.05. The molecule has 3 heteroatoms. The van der Waals surface area contributed by atoms with Crippen LogP contribution in [0.4, 0.5) is 5.69 Å². The fraction of sp³-hybridized carbons (Fsp3) is 0.167. The summed E-state index contributed by atoms with van der Waals surface area (Å²) in [5.74, 6) is 0.0428. The van der Waals surface area contributed by atoms with Crippen molar-refractivity contribution in [3.63, 3.8) is 0 Å². The zero-order chi connectivity index (χ0) is 14.6. The van der Waals surface area contributed by atoms with Crippen LogP contribution in [-0.2, 0) is 11.2 Å². The summed E-state index contributed by atoms with van der Waals surface area (Å²) in [4.78, 5) is 15.7. The van der Waals surface area contributed by atoms with Gasteiger partial charge in [-0.3, -0.25) is 4.79 Å². The number of amides is 1. The van der Waals surface area contributed by atoms with E-state index in [4.69, 9.17) is 0 Å². The van der Waals surface area contributed by atoms with Crippen molar-refractivity contribution in [1.29, 1.82) is 0 Å². The van der Waals surface area contributed by atoms with Crippen LogP contribution in [-0.4, -0.2) is 10.9 Å². The number of benzene rings is 2. The molecule has 0 fully saturated rings. The summed E-state index contributed by atoms with van der Waals surface area (Å²) in [7, 11) is 0. The third kappa shape index (κ3) is 1.85. The Labute approximate surface area is 123 Å². The number of hydrogen-bond acceptors (Lipinski definition) is 1. The molecule has 4 rings (SSSR count). The minimum atomic E-state index is 0.0428. The molecule has 1 amide bonds. The standard InChI is InChI=1S/C18H16N2O/c1-10-3-5-15-12(7-10)13-9-17(21)19-16-6-4-11(2)8-14(16)18(13)20-15/h3-8,20H,9H2,1-2H3,(H,19,21). The van der Waals surface area contributed by atoms with Crippen LogP contribution in [0.5, 0.6) is 0 Å². The minimum Gasteiger partial charge on any atom is -0.354 e. The molecule has 0 aliphatic carbocycles. The van der Waals surface area contributed by atoms with E-state index in [1.54, 1.807) is 0 Å². The van der Waals surface area contributed by atoms with Gasteiger partial charge in [0.15, 0.2) is 0 Å². The van der Waals surface area contributed by atoms with E-state index < -0.39 is 0 Å². The van der Waals surface area contributed by atoms with Gasteiger partial charge in [-0.05, 0) is 43.7 Å². The fourth-order valence-electron chi connectivity index (χ4n) is 3.10. The van der Waals surface area contributed by atoms with Crippen LogP contribution in [0.2, 0.25) is 0 Å². The van der Waals surface area contributed by atoms with Crippen molar-refractivity contribution >= 4 is 22.5 Å². The van der Waals surface area contributed by atoms with Crippen molar-refractivity contribution in [2.75, 3.05) is 5.32 Å². The molecule has 0 unspecified atom stereocenters. The highest BCUT2D eigenvalue weighted by Crippen LogP contribution is 2.38. The lowest BCUT2D eigenvalue weighted by Gasteiger charge is -2.07. The van der Waals surface area contributed by atoms with Crippen LogP contribution in [0.1, 0.15) is 16.7 Å². The molecule has 1 aliphatic rings. The topological polar surface area (TPSA) is 44.9 Å². The van der Waals surface area contributed by atoms with Gasteiger partial charge in [0.1, 0.15) is 0 Å². The van der Waals surface area contributed by atoms with E-state index in [1.165, 1.54) is 11.1 Å². The average Bonchev–Trinajstić information content (AvgIpc) is 2.72. The zero-order valence-electron chi connectivity index (χ0n) is 12.1. The van der Waals surface area contributed by atoms with Gasteiger partial charge < -0.3 is 10.3 Å². The molecular formula is C18H16N2O. The van der Waals surface area contributed by atoms with Crippen molar-refractivity contribution in [2.24, 2.45) is 0 Å². The normalized spacial score (nSPS) is 13.5. The quantitative estimate of drug-likeness (QED) is 0.641. The molecule has 2 N–H and O–H groups in total. The van der Waals surface area contributed by atoms with Crippen LogP contribution < -0.4 is 5.32 Å². The molecular weight excluding hydrogens is 260 g/mol. The maximum Gasteiger partial charge on any atom is 0.228 e. The monoisotopic (exact) mass is 276 g/mol. The Kier molecular flexibility index (Phi) is 2.45. The van der Waals surface area contributed by atoms with Gasteiger partial charge in [0.2, 0.25) is 5.91 Å². The van der Waals surface area contributed by atoms with Crippen molar-refractivity contribution in [3.8, 4) is 11.3 Å². The number of fused-ring (bicyclic) bond motifs is 5. The Morgan fingerprint density at radius 1 is 1.00 bits per heavy atom. The Balaban J connectivity index is 2.10. The average molecular weight is 276 g/mol. The summed E-state index contributed by atoms with van der Waals surface area (Å²) in [6.45, 7) is 4.15. The Morgan fingerprint density at radius 3 is 2.62 bits per heavy atom.